The molecule has 0 saturated heterocycles. The molecule has 0 aliphatic heterocycles. The molecular formula is C17H29NO3. The summed E-state index contributed by atoms with van der Waals surface area (Å²) in [6, 6.07) is 10.1. The molecule has 1 aromatic rings. The maximum absolute atomic E-state index is 9.89. The highest BCUT2D eigenvalue weighted by Crippen LogP contribution is 2.24. The molecule has 1 aromatic carbocycles. The summed E-state index contributed by atoms with van der Waals surface area (Å²) in [6.07, 6.45) is 0.958. The van der Waals surface area contributed by atoms with Gasteiger partial charge in [-0.3, -0.25) is 0 Å². The summed E-state index contributed by atoms with van der Waals surface area (Å²) in [4.78, 5) is 0. The third-order valence-electron chi connectivity index (χ3n) is 3.46. The number of aliphatic hydroxyl groups excluding tert-OH is 1. The Balaban J connectivity index is 2.51. The first-order valence-corrected chi connectivity index (χ1v) is 7.75. The number of benzene rings is 1. The van der Waals surface area contributed by atoms with Gasteiger partial charge in [-0.05, 0) is 32.4 Å². The summed E-state index contributed by atoms with van der Waals surface area (Å²) in [5.74, 6) is 0. The van der Waals surface area contributed by atoms with E-state index in [-0.39, 0.29) is 12.7 Å². The van der Waals surface area contributed by atoms with Gasteiger partial charge >= 0.3 is 0 Å². The minimum atomic E-state index is -0.436. The van der Waals surface area contributed by atoms with Crippen LogP contribution in [0.25, 0.3) is 0 Å². The number of aliphatic hydroxyl groups is 1. The zero-order chi connectivity index (χ0) is 15.6. The fourth-order valence-corrected chi connectivity index (χ4v) is 2.35. The van der Waals surface area contributed by atoms with Crippen LogP contribution in [0.3, 0.4) is 0 Å². The molecule has 0 heterocycles. The molecule has 0 spiro atoms. The van der Waals surface area contributed by atoms with Gasteiger partial charge in [-0.2, -0.15) is 0 Å². The van der Waals surface area contributed by atoms with E-state index in [1.54, 1.807) is 0 Å². The molecule has 21 heavy (non-hydrogen) atoms. The molecule has 0 amide bonds. The topological polar surface area (TPSA) is 50.7 Å². The summed E-state index contributed by atoms with van der Waals surface area (Å²) in [7, 11) is 0. The number of rotatable bonds is 11. The molecule has 0 aliphatic carbocycles. The lowest BCUT2D eigenvalue weighted by molar-refractivity contribution is 0.00993. The van der Waals surface area contributed by atoms with Crippen molar-refractivity contribution in [2.24, 2.45) is 0 Å². The molecule has 0 bridgehead atoms. The summed E-state index contributed by atoms with van der Waals surface area (Å²) in [6.45, 7) is 8.70. The van der Waals surface area contributed by atoms with Crippen molar-refractivity contribution in [1.29, 1.82) is 0 Å². The lowest BCUT2D eigenvalue weighted by atomic mass is 9.87. The van der Waals surface area contributed by atoms with Crippen LogP contribution >= 0.6 is 0 Å². The first kappa shape index (κ1) is 18.1. The molecule has 1 unspecified atom stereocenters. The van der Waals surface area contributed by atoms with Crippen LogP contribution in [0.4, 0.5) is 0 Å². The van der Waals surface area contributed by atoms with E-state index in [0.29, 0.717) is 19.8 Å². The summed E-state index contributed by atoms with van der Waals surface area (Å²) < 4.78 is 11.1. The van der Waals surface area contributed by atoms with Gasteiger partial charge in [0.2, 0.25) is 0 Å². The van der Waals surface area contributed by atoms with Crippen LogP contribution in [0.5, 0.6) is 0 Å². The molecule has 1 rings (SSSR count). The molecule has 2 N–H and O–H groups in total. The van der Waals surface area contributed by atoms with Gasteiger partial charge in [-0.15, -0.1) is 0 Å². The van der Waals surface area contributed by atoms with Crippen molar-refractivity contribution in [3.05, 3.63) is 35.9 Å². The normalized spacial score (nSPS) is 14.3. The van der Waals surface area contributed by atoms with Gasteiger partial charge in [-0.25, -0.2) is 0 Å². The first-order chi connectivity index (χ1) is 10.1. The highest BCUT2D eigenvalue weighted by molar-refractivity contribution is 5.24. The zero-order valence-corrected chi connectivity index (χ0v) is 13.5. The quantitative estimate of drug-likeness (QED) is 0.615. The van der Waals surface area contributed by atoms with Crippen molar-refractivity contribution in [3.63, 3.8) is 0 Å². The van der Waals surface area contributed by atoms with Gasteiger partial charge in [0, 0.05) is 6.61 Å². The second kappa shape index (κ2) is 9.90. The second-order valence-electron chi connectivity index (χ2n) is 5.42. The molecule has 1 atom stereocenters. The van der Waals surface area contributed by atoms with Gasteiger partial charge in [0.25, 0.3) is 0 Å². The van der Waals surface area contributed by atoms with Crippen molar-refractivity contribution in [3.8, 4) is 0 Å². The van der Waals surface area contributed by atoms with E-state index in [2.05, 4.69) is 5.32 Å². The highest BCUT2D eigenvalue weighted by atomic mass is 16.5. The van der Waals surface area contributed by atoms with Gasteiger partial charge in [0.05, 0.1) is 31.5 Å². The lowest BCUT2D eigenvalue weighted by Gasteiger charge is -2.33. The van der Waals surface area contributed by atoms with Crippen LogP contribution < -0.4 is 5.32 Å². The SMILES string of the molecule is CCNC(CO)(CCOCCOC(C)C)c1ccccc1. The molecule has 0 radical (unpaired) electrons. The monoisotopic (exact) mass is 295 g/mol. The molecule has 0 saturated carbocycles. The predicted molar refractivity (Wildman–Crippen MR) is 85.4 cm³/mol. The average molecular weight is 295 g/mol. The second-order valence-corrected chi connectivity index (χ2v) is 5.42. The molecule has 120 valence electrons. The highest BCUT2D eigenvalue weighted by Gasteiger charge is 2.30. The number of ether oxygens (including phenoxy) is 2. The number of nitrogens with one attached hydrogen (secondary N) is 1. The van der Waals surface area contributed by atoms with Crippen LogP contribution in [0.1, 0.15) is 32.8 Å². The molecule has 4 heteroatoms. The standard InChI is InChI=1S/C17H29NO3/c1-4-18-17(14-19,16-8-6-5-7-9-16)10-11-20-12-13-21-15(2)3/h5-9,15,18-19H,4,10-14H2,1-3H3. The van der Waals surface area contributed by atoms with Crippen LogP contribution in [0.2, 0.25) is 0 Å². The molecular weight excluding hydrogens is 266 g/mol. The van der Waals surface area contributed by atoms with Crippen molar-refractivity contribution in [1.82, 2.24) is 5.32 Å². The summed E-state index contributed by atoms with van der Waals surface area (Å²) >= 11 is 0. The Morgan fingerprint density at radius 2 is 1.86 bits per heavy atom. The molecule has 0 aromatic heterocycles. The van der Waals surface area contributed by atoms with Crippen LogP contribution in [-0.2, 0) is 15.0 Å². The maximum Gasteiger partial charge on any atom is 0.0703 e. The Bertz CT molecular complexity index is 370. The van der Waals surface area contributed by atoms with E-state index < -0.39 is 5.54 Å². The van der Waals surface area contributed by atoms with Crippen LogP contribution in [0.15, 0.2) is 30.3 Å². The Labute approximate surface area is 128 Å². The van der Waals surface area contributed by atoms with Crippen LogP contribution in [0, 0.1) is 0 Å². The van der Waals surface area contributed by atoms with Crippen molar-refractivity contribution >= 4 is 0 Å². The maximum atomic E-state index is 9.89. The Hall–Kier alpha value is -0.940. The van der Waals surface area contributed by atoms with E-state index in [0.717, 1.165) is 18.5 Å². The van der Waals surface area contributed by atoms with Crippen LogP contribution in [-0.4, -0.2) is 44.2 Å². The van der Waals surface area contributed by atoms with Crippen molar-refractivity contribution < 1.29 is 14.6 Å². The third kappa shape index (κ3) is 6.14. The van der Waals surface area contributed by atoms with Gasteiger partial charge < -0.3 is 19.9 Å². The third-order valence-corrected chi connectivity index (χ3v) is 3.46. The van der Waals surface area contributed by atoms with E-state index in [1.807, 2.05) is 51.1 Å². The minimum absolute atomic E-state index is 0.0523. The minimum Gasteiger partial charge on any atom is -0.394 e. The molecule has 0 aliphatic rings. The van der Waals surface area contributed by atoms with E-state index in [4.69, 9.17) is 9.47 Å². The smallest absolute Gasteiger partial charge is 0.0703 e. The van der Waals surface area contributed by atoms with Crippen molar-refractivity contribution in [2.75, 3.05) is 33.0 Å². The van der Waals surface area contributed by atoms with E-state index in [1.165, 1.54) is 0 Å². The molecule has 0 fully saturated rings. The Kier molecular flexibility index (Phi) is 8.54. The van der Waals surface area contributed by atoms with Crippen molar-refractivity contribution in [2.45, 2.75) is 38.8 Å². The predicted octanol–water partition coefficient (Wildman–Crippen LogP) is 2.32. The Morgan fingerprint density at radius 3 is 2.43 bits per heavy atom. The number of hydrogen-bond acceptors (Lipinski definition) is 4. The summed E-state index contributed by atoms with van der Waals surface area (Å²) in [5.41, 5.74) is 0.658. The van der Waals surface area contributed by atoms with Gasteiger partial charge in [-0.1, -0.05) is 37.3 Å². The van der Waals surface area contributed by atoms with Gasteiger partial charge in [0.1, 0.15) is 0 Å². The van der Waals surface area contributed by atoms with E-state index >= 15 is 0 Å². The largest absolute Gasteiger partial charge is 0.394 e. The molecule has 4 nitrogen and oxygen atoms in total. The lowest BCUT2D eigenvalue weighted by Crippen LogP contribution is -2.46. The zero-order valence-electron chi connectivity index (χ0n) is 13.5. The first-order valence-electron chi connectivity index (χ1n) is 7.75. The fraction of sp³-hybridized carbons (Fsp3) is 0.647. The Morgan fingerprint density at radius 1 is 1.14 bits per heavy atom. The summed E-state index contributed by atoms with van der Waals surface area (Å²) in [5, 5.41) is 13.3. The number of hydrogen-bond donors (Lipinski definition) is 2. The van der Waals surface area contributed by atoms with Gasteiger partial charge in [0.15, 0.2) is 0 Å². The fourth-order valence-electron chi connectivity index (χ4n) is 2.35. The average Bonchev–Trinajstić information content (AvgIpc) is 2.50. The number of likely N-dealkylation sites (N-methyl/N-ethyl adjacent to an activating group) is 1. The van der Waals surface area contributed by atoms with E-state index in [9.17, 15) is 5.11 Å².